The van der Waals surface area contributed by atoms with Gasteiger partial charge < -0.3 is 5.32 Å². The number of hydrogen-bond acceptors (Lipinski definition) is 5. The van der Waals surface area contributed by atoms with Crippen molar-refractivity contribution in [2.24, 2.45) is 0 Å². The summed E-state index contributed by atoms with van der Waals surface area (Å²) >= 11 is 11.9. The van der Waals surface area contributed by atoms with Gasteiger partial charge in [-0.15, -0.1) is 0 Å². The van der Waals surface area contributed by atoms with Gasteiger partial charge in [0.1, 0.15) is 18.2 Å². The molecule has 8 nitrogen and oxygen atoms in total. The lowest BCUT2D eigenvalue weighted by atomic mass is 10.1. The molecule has 26 heavy (non-hydrogen) atoms. The monoisotopic (exact) mass is 394 g/mol. The number of benzene rings is 1. The number of nitrogens with one attached hydrogen (secondary N) is 1. The van der Waals surface area contributed by atoms with Gasteiger partial charge in [-0.05, 0) is 24.6 Å². The highest BCUT2D eigenvalue weighted by Gasteiger charge is 2.17. The Bertz CT molecular complexity index is 981. The van der Waals surface area contributed by atoms with Crippen LogP contribution in [0.4, 0.5) is 5.69 Å². The first kappa shape index (κ1) is 19.4. The van der Waals surface area contributed by atoms with E-state index in [2.05, 4.69) is 5.32 Å². The van der Waals surface area contributed by atoms with Crippen molar-refractivity contribution in [2.75, 3.05) is 0 Å². The molecule has 10 heteroatoms. The quantitative estimate of drug-likeness (QED) is 0.617. The molecule has 1 aromatic carbocycles. The van der Waals surface area contributed by atoms with Crippen LogP contribution in [0, 0.1) is 21.4 Å². The number of carbonyl (C=O) groups excluding carboxylic acids is 1. The van der Waals surface area contributed by atoms with E-state index >= 15 is 0 Å². The van der Waals surface area contributed by atoms with E-state index in [0.29, 0.717) is 15.6 Å². The number of rotatable bonds is 5. The molecule has 0 unspecified atom stereocenters. The zero-order valence-corrected chi connectivity index (χ0v) is 14.9. The molecule has 0 aliphatic carbocycles. The predicted molar refractivity (Wildman–Crippen MR) is 95.1 cm³/mol. The Morgan fingerprint density at radius 2 is 2.12 bits per heavy atom. The van der Waals surface area contributed by atoms with Crippen LogP contribution in [0.2, 0.25) is 10.0 Å². The predicted octanol–water partition coefficient (Wildman–Crippen LogP) is 2.81. The van der Waals surface area contributed by atoms with E-state index in [1.807, 2.05) is 0 Å². The second-order valence-corrected chi connectivity index (χ2v) is 6.21. The summed E-state index contributed by atoms with van der Waals surface area (Å²) in [5.41, 5.74) is -1.04. The first-order valence-corrected chi connectivity index (χ1v) is 8.01. The molecular weight excluding hydrogens is 383 g/mol. The fourth-order valence-corrected chi connectivity index (χ4v) is 2.86. The van der Waals surface area contributed by atoms with Gasteiger partial charge >= 0.3 is 0 Å². The third kappa shape index (κ3) is 4.39. The van der Waals surface area contributed by atoms with E-state index in [1.165, 1.54) is 6.07 Å². The van der Waals surface area contributed by atoms with Crippen molar-refractivity contribution < 1.29 is 9.72 Å². The van der Waals surface area contributed by atoms with Crippen molar-refractivity contribution in [3.8, 4) is 6.07 Å². The average molecular weight is 395 g/mol. The van der Waals surface area contributed by atoms with E-state index in [0.717, 1.165) is 16.8 Å². The second kappa shape index (κ2) is 7.99. The molecule has 0 spiro atoms. The number of carbonyl (C=O) groups is 1. The maximum Gasteiger partial charge on any atom is 0.287 e. The number of halogens is 2. The topological polar surface area (TPSA) is 118 Å². The Kier molecular flexibility index (Phi) is 5.97. The third-order valence-corrected chi connectivity index (χ3v) is 4.09. The zero-order valence-electron chi connectivity index (χ0n) is 13.4. The fourth-order valence-electron chi connectivity index (χ4n) is 2.29. The molecule has 1 N–H and O–H groups in total. The minimum absolute atomic E-state index is 0.365. The highest BCUT2D eigenvalue weighted by Crippen LogP contribution is 2.26. The number of nitrogens with zero attached hydrogens (tertiary/aromatic N) is 3. The summed E-state index contributed by atoms with van der Waals surface area (Å²) < 4.78 is 0.822. The second-order valence-electron chi connectivity index (χ2n) is 5.37. The molecule has 0 saturated heterocycles. The number of aromatic nitrogens is 1. The molecule has 0 aliphatic heterocycles. The van der Waals surface area contributed by atoms with Gasteiger partial charge in [-0.3, -0.25) is 24.3 Å². The van der Waals surface area contributed by atoms with Crippen molar-refractivity contribution >= 4 is 34.8 Å². The minimum atomic E-state index is -0.787. The van der Waals surface area contributed by atoms with Crippen LogP contribution in [0.25, 0.3) is 0 Å². The molecule has 2 rings (SSSR count). The Morgan fingerprint density at radius 3 is 2.69 bits per heavy atom. The molecule has 0 radical (unpaired) electrons. The lowest BCUT2D eigenvalue weighted by Crippen LogP contribution is -2.34. The van der Waals surface area contributed by atoms with Crippen LogP contribution in [-0.4, -0.2) is 15.4 Å². The Hall–Kier alpha value is -2.89. The van der Waals surface area contributed by atoms with Crippen molar-refractivity contribution in [2.45, 2.75) is 19.5 Å². The molecule has 1 amide bonds. The Balaban J connectivity index is 2.22. The fraction of sp³-hybridized carbons (Fsp3) is 0.188. The molecule has 0 saturated carbocycles. The summed E-state index contributed by atoms with van der Waals surface area (Å²) in [5.74, 6) is -0.574. The maximum absolute atomic E-state index is 12.2. The standard InChI is InChI=1S/C16H12Cl2N4O4/c1-9(13-3-2-11(17)5-14(13)18)20-15(23)8-21-7-12(22(25)26)4-10(6-19)16(21)24/h2-5,7,9H,8H2,1H3,(H,20,23)/t9-/m1/s1. The van der Waals surface area contributed by atoms with Crippen molar-refractivity contribution in [3.63, 3.8) is 0 Å². The summed E-state index contributed by atoms with van der Waals surface area (Å²) in [5, 5.41) is 23.3. The van der Waals surface area contributed by atoms with Crippen LogP contribution in [0.1, 0.15) is 24.1 Å². The van der Waals surface area contributed by atoms with E-state index in [9.17, 15) is 19.7 Å². The normalized spacial score (nSPS) is 11.5. The van der Waals surface area contributed by atoms with Gasteiger partial charge in [0.05, 0.1) is 17.2 Å². The summed E-state index contributed by atoms with van der Waals surface area (Å²) in [4.78, 5) is 34.4. The van der Waals surface area contributed by atoms with Crippen LogP contribution in [0.15, 0.2) is 35.3 Å². The van der Waals surface area contributed by atoms with E-state index < -0.39 is 40.2 Å². The number of amides is 1. The van der Waals surface area contributed by atoms with Crippen LogP contribution < -0.4 is 10.9 Å². The van der Waals surface area contributed by atoms with Gasteiger partial charge in [0, 0.05) is 16.1 Å². The largest absolute Gasteiger partial charge is 0.348 e. The molecule has 1 aromatic heterocycles. The number of pyridine rings is 1. The van der Waals surface area contributed by atoms with Crippen LogP contribution >= 0.6 is 23.2 Å². The first-order valence-electron chi connectivity index (χ1n) is 7.26. The van der Waals surface area contributed by atoms with Crippen molar-refractivity contribution in [1.82, 2.24) is 9.88 Å². The maximum atomic E-state index is 12.2. The van der Waals surface area contributed by atoms with Gasteiger partial charge in [-0.25, -0.2) is 0 Å². The summed E-state index contributed by atoms with van der Waals surface area (Å²) in [6.07, 6.45) is 0.919. The Morgan fingerprint density at radius 1 is 1.42 bits per heavy atom. The number of hydrogen-bond donors (Lipinski definition) is 1. The third-order valence-electron chi connectivity index (χ3n) is 3.52. The summed E-state index contributed by atoms with van der Waals surface area (Å²) in [6.45, 7) is 1.20. The molecule has 0 bridgehead atoms. The van der Waals surface area contributed by atoms with Crippen molar-refractivity contribution in [1.29, 1.82) is 5.26 Å². The van der Waals surface area contributed by atoms with Gasteiger partial charge in [-0.2, -0.15) is 5.26 Å². The summed E-state index contributed by atoms with van der Waals surface area (Å²) in [7, 11) is 0. The van der Waals surface area contributed by atoms with Crippen LogP contribution in [0.5, 0.6) is 0 Å². The molecule has 2 aromatic rings. The molecule has 0 fully saturated rings. The van der Waals surface area contributed by atoms with E-state index in [-0.39, 0.29) is 0 Å². The Labute approximate surface area is 157 Å². The number of nitro groups is 1. The van der Waals surface area contributed by atoms with E-state index in [1.54, 1.807) is 25.1 Å². The number of nitriles is 1. The molecule has 1 atom stereocenters. The highest BCUT2D eigenvalue weighted by atomic mass is 35.5. The lowest BCUT2D eigenvalue weighted by molar-refractivity contribution is -0.385. The SMILES string of the molecule is C[C@@H](NC(=O)Cn1cc([N+](=O)[O-])cc(C#N)c1=O)c1ccc(Cl)cc1Cl. The minimum Gasteiger partial charge on any atom is -0.348 e. The molecular formula is C16H12Cl2N4O4. The lowest BCUT2D eigenvalue weighted by Gasteiger charge is -2.16. The van der Waals surface area contributed by atoms with Gasteiger partial charge in [0.15, 0.2) is 0 Å². The van der Waals surface area contributed by atoms with Gasteiger partial charge in [0.2, 0.25) is 5.91 Å². The van der Waals surface area contributed by atoms with E-state index in [4.69, 9.17) is 28.5 Å². The average Bonchev–Trinajstić information content (AvgIpc) is 2.56. The smallest absolute Gasteiger partial charge is 0.287 e. The molecule has 134 valence electrons. The molecule has 1 heterocycles. The highest BCUT2D eigenvalue weighted by molar-refractivity contribution is 6.35. The summed E-state index contributed by atoms with van der Waals surface area (Å²) in [6, 6.07) is 6.77. The van der Waals surface area contributed by atoms with Crippen molar-refractivity contribution in [3.05, 3.63) is 72.1 Å². The first-order chi connectivity index (χ1) is 12.2. The zero-order chi connectivity index (χ0) is 19.4. The van der Waals surface area contributed by atoms with Gasteiger partial charge in [-0.1, -0.05) is 29.3 Å². The van der Waals surface area contributed by atoms with Gasteiger partial charge in [0.25, 0.3) is 11.2 Å². The molecule has 0 aliphatic rings. The van der Waals surface area contributed by atoms with Crippen LogP contribution in [-0.2, 0) is 11.3 Å². The van der Waals surface area contributed by atoms with Crippen LogP contribution in [0.3, 0.4) is 0 Å².